The number of anilines is 1. The van der Waals surface area contributed by atoms with Gasteiger partial charge in [-0.3, -0.25) is 4.79 Å². The molecule has 0 bridgehead atoms. The summed E-state index contributed by atoms with van der Waals surface area (Å²) in [6, 6.07) is 8.16. The summed E-state index contributed by atoms with van der Waals surface area (Å²) in [5, 5.41) is 5.55. The molecule has 9 heteroatoms. The van der Waals surface area contributed by atoms with E-state index in [1.54, 1.807) is 28.8 Å². The number of carbonyl (C=O) groups is 1. The van der Waals surface area contributed by atoms with Crippen LogP contribution in [0.2, 0.25) is 0 Å². The van der Waals surface area contributed by atoms with Crippen LogP contribution in [-0.4, -0.2) is 36.2 Å². The molecule has 0 saturated carbocycles. The lowest BCUT2D eigenvalue weighted by atomic mass is 10.2. The highest BCUT2D eigenvalue weighted by atomic mass is 32.2. The Morgan fingerprint density at radius 2 is 2.19 bits per heavy atom. The fourth-order valence-electron chi connectivity index (χ4n) is 3.16. The van der Waals surface area contributed by atoms with Crippen molar-refractivity contribution in [2.45, 2.75) is 30.0 Å². The van der Waals surface area contributed by atoms with Gasteiger partial charge in [-0.2, -0.15) is 4.31 Å². The lowest BCUT2D eigenvalue weighted by Gasteiger charge is -2.22. The highest BCUT2D eigenvalue weighted by Gasteiger charge is 2.39. The quantitative estimate of drug-likeness (QED) is 0.718. The predicted octanol–water partition coefficient (Wildman–Crippen LogP) is 3.46. The highest BCUT2D eigenvalue weighted by Crippen LogP contribution is 2.30. The first kappa shape index (κ1) is 17.6. The molecule has 1 aliphatic heterocycles. The number of thiophene rings is 1. The average Bonchev–Trinajstić information content (AvgIpc) is 3.34. The van der Waals surface area contributed by atoms with E-state index < -0.39 is 16.1 Å². The number of thiazole rings is 1. The fourth-order valence-corrected chi connectivity index (χ4v) is 6.75. The molecule has 0 unspecified atom stereocenters. The molecule has 1 aliphatic rings. The number of hydrogen-bond acceptors (Lipinski definition) is 6. The van der Waals surface area contributed by atoms with Gasteiger partial charge in [0.1, 0.15) is 10.3 Å². The van der Waals surface area contributed by atoms with Crippen molar-refractivity contribution in [2.24, 2.45) is 0 Å². The van der Waals surface area contributed by atoms with Crippen molar-refractivity contribution in [1.29, 1.82) is 0 Å². The maximum Gasteiger partial charge on any atom is 0.253 e. The third kappa shape index (κ3) is 3.16. The molecule has 3 aromatic rings. The summed E-state index contributed by atoms with van der Waals surface area (Å²) in [4.78, 5) is 17.2. The first-order valence-electron chi connectivity index (χ1n) is 8.18. The maximum absolute atomic E-state index is 12.8. The first-order valence-corrected chi connectivity index (χ1v) is 11.3. The van der Waals surface area contributed by atoms with Gasteiger partial charge < -0.3 is 5.32 Å². The van der Waals surface area contributed by atoms with Crippen LogP contribution in [0, 0.1) is 6.92 Å². The third-order valence-corrected chi connectivity index (χ3v) is 8.56. The fraction of sp³-hybridized carbons (Fsp3) is 0.294. The van der Waals surface area contributed by atoms with Crippen molar-refractivity contribution < 1.29 is 13.2 Å². The summed E-state index contributed by atoms with van der Waals surface area (Å²) in [5.74, 6) is -0.297. The van der Waals surface area contributed by atoms with Gasteiger partial charge in [-0.25, -0.2) is 13.4 Å². The van der Waals surface area contributed by atoms with Crippen LogP contribution in [0.4, 0.5) is 5.69 Å². The summed E-state index contributed by atoms with van der Waals surface area (Å²) in [7, 11) is -3.63. The van der Waals surface area contributed by atoms with Gasteiger partial charge in [-0.1, -0.05) is 6.07 Å². The molecule has 6 nitrogen and oxygen atoms in total. The summed E-state index contributed by atoms with van der Waals surface area (Å²) in [5.41, 5.74) is 1.47. The zero-order valence-electron chi connectivity index (χ0n) is 14.0. The number of amides is 1. The number of fused-ring (bicyclic) bond motifs is 1. The van der Waals surface area contributed by atoms with Crippen molar-refractivity contribution in [2.75, 3.05) is 11.9 Å². The molecule has 0 aliphatic carbocycles. The Kier molecular flexibility index (Phi) is 4.55. The minimum atomic E-state index is -3.63. The molecule has 26 heavy (non-hydrogen) atoms. The van der Waals surface area contributed by atoms with Crippen LogP contribution in [0.5, 0.6) is 0 Å². The summed E-state index contributed by atoms with van der Waals surface area (Å²) < 4.78 is 28.2. The Bertz CT molecular complexity index is 1060. The summed E-state index contributed by atoms with van der Waals surface area (Å²) >= 11 is 2.77. The van der Waals surface area contributed by atoms with E-state index in [0.717, 1.165) is 15.2 Å². The van der Waals surface area contributed by atoms with Gasteiger partial charge in [0, 0.05) is 12.2 Å². The second kappa shape index (κ2) is 6.73. The summed E-state index contributed by atoms with van der Waals surface area (Å²) in [6.45, 7) is 2.30. The number of hydrogen-bond donors (Lipinski definition) is 1. The van der Waals surface area contributed by atoms with E-state index in [9.17, 15) is 13.2 Å². The van der Waals surface area contributed by atoms with Gasteiger partial charge in [0.15, 0.2) is 0 Å². The van der Waals surface area contributed by atoms with Gasteiger partial charge in [0.25, 0.3) is 10.0 Å². The minimum Gasteiger partial charge on any atom is -0.325 e. The van der Waals surface area contributed by atoms with Crippen LogP contribution in [0.3, 0.4) is 0 Å². The van der Waals surface area contributed by atoms with Crippen LogP contribution in [0.1, 0.15) is 17.8 Å². The zero-order valence-corrected chi connectivity index (χ0v) is 16.5. The smallest absolute Gasteiger partial charge is 0.253 e. The number of benzene rings is 1. The molecule has 1 saturated heterocycles. The Morgan fingerprint density at radius 3 is 2.96 bits per heavy atom. The van der Waals surface area contributed by atoms with E-state index in [1.165, 1.54) is 15.6 Å². The van der Waals surface area contributed by atoms with Crippen LogP contribution < -0.4 is 5.32 Å². The number of carbonyl (C=O) groups excluding carboxylic acids is 1. The lowest BCUT2D eigenvalue weighted by molar-refractivity contribution is -0.119. The Morgan fingerprint density at radius 1 is 1.35 bits per heavy atom. The van der Waals surface area contributed by atoms with Gasteiger partial charge in [-0.05, 0) is 49.4 Å². The first-order chi connectivity index (χ1) is 12.4. The number of nitrogens with zero attached hydrogens (tertiary/aromatic N) is 2. The molecule has 4 rings (SSSR count). The monoisotopic (exact) mass is 407 g/mol. The molecule has 1 atom stereocenters. The van der Waals surface area contributed by atoms with Gasteiger partial charge in [0.2, 0.25) is 5.91 Å². The molecule has 0 spiro atoms. The van der Waals surface area contributed by atoms with Crippen LogP contribution >= 0.6 is 22.7 Å². The molecule has 0 radical (unpaired) electrons. The molecule has 2 aromatic heterocycles. The number of aromatic nitrogens is 1. The molecule has 1 fully saturated rings. The van der Waals surface area contributed by atoms with E-state index in [-0.39, 0.29) is 10.1 Å². The van der Waals surface area contributed by atoms with Crippen molar-refractivity contribution in [3.63, 3.8) is 0 Å². The maximum atomic E-state index is 12.8. The van der Waals surface area contributed by atoms with Gasteiger partial charge in [-0.15, -0.1) is 22.7 Å². The SMILES string of the molecule is Cc1nc2cc(NC(=O)[C@H]3CCCN3S(=O)(=O)c3cccs3)ccc2s1. The normalized spacial score (nSPS) is 18.4. The van der Waals surface area contributed by atoms with Gasteiger partial charge >= 0.3 is 0 Å². The number of sulfonamides is 1. The van der Waals surface area contributed by atoms with Crippen molar-refractivity contribution in [3.05, 3.63) is 40.7 Å². The third-order valence-electron chi connectivity index (χ3n) is 4.33. The largest absolute Gasteiger partial charge is 0.325 e. The minimum absolute atomic E-state index is 0.275. The predicted molar refractivity (Wildman–Crippen MR) is 104 cm³/mol. The lowest BCUT2D eigenvalue weighted by Crippen LogP contribution is -2.42. The molecule has 136 valence electrons. The Hall–Kier alpha value is -1.81. The van der Waals surface area contributed by atoms with Crippen molar-refractivity contribution >= 4 is 54.5 Å². The molecular weight excluding hydrogens is 390 g/mol. The van der Waals surface area contributed by atoms with E-state index >= 15 is 0 Å². The molecule has 1 amide bonds. The topological polar surface area (TPSA) is 79.4 Å². The molecule has 1 aromatic carbocycles. The van der Waals surface area contributed by atoms with E-state index in [2.05, 4.69) is 10.3 Å². The van der Waals surface area contributed by atoms with E-state index in [4.69, 9.17) is 0 Å². The molecule has 1 N–H and O–H groups in total. The Labute approximate surface area is 159 Å². The standard InChI is InChI=1S/C17H17N3O3S3/c1-11-18-13-10-12(6-7-15(13)25-11)19-17(21)14-4-2-8-20(14)26(22,23)16-5-3-9-24-16/h3,5-7,9-10,14H,2,4,8H2,1H3,(H,19,21)/t14-/m1/s1. The van der Waals surface area contributed by atoms with E-state index in [1.807, 2.05) is 25.1 Å². The van der Waals surface area contributed by atoms with Crippen LogP contribution in [-0.2, 0) is 14.8 Å². The van der Waals surface area contributed by atoms with E-state index in [0.29, 0.717) is 25.1 Å². The van der Waals surface area contributed by atoms with Crippen LogP contribution in [0.25, 0.3) is 10.2 Å². The molecular formula is C17H17N3O3S3. The van der Waals surface area contributed by atoms with Crippen molar-refractivity contribution in [3.8, 4) is 0 Å². The van der Waals surface area contributed by atoms with Crippen LogP contribution in [0.15, 0.2) is 39.9 Å². The number of aryl methyl sites for hydroxylation is 1. The second-order valence-electron chi connectivity index (χ2n) is 6.11. The number of rotatable bonds is 4. The summed E-state index contributed by atoms with van der Waals surface area (Å²) in [6.07, 6.45) is 1.20. The Balaban J connectivity index is 1.56. The highest BCUT2D eigenvalue weighted by molar-refractivity contribution is 7.91. The zero-order chi connectivity index (χ0) is 18.3. The average molecular weight is 408 g/mol. The van der Waals surface area contributed by atoms with Crippen molar-refractivity contribution in [1.82, 2.24) is 9.29 Å². The number of nitrogens with one attached hydrogen (secondary N) is 1. The van der Waals surface area contributed by atoms with Gasteiger partial charge in [0.05, 0.1) is 15.2 Å². The molecule has 3 heterocycles. The second-order valence-corrected chi connectivity index (χ2v) is 10.4.